The van der Waals surface area contributed by atoms with E-state index in [1.165, 1.54) is 16.0 Å². The van der Waals surface area contributed by atoms with E-state index in [-0.39, 0.29) is 12.1 Å². The molecule has 4 rings (SSSR count). The molecule has 1 aromatic heterocycles. The largest absolute Gasteiger partial charge is 0.353 e. The summed E-state index contributed by atoms with van der Waals surface area (Å²) < 4.78 is 0. The van der Waals surface area contributed by atoms with Crippen LogP contribution in [0.25, 0.3) is 0 Å². The van der Waals surface area contributed by atoms with Gasteiger partial charge in [0, 0.05) is 18.0 Å². The molecule has 24 heavy (non-hydrogen) atoms. The molecule has 4 nitrogen and oxygen atoms in total. The van der Waals surface area contributed by atoms with Gasteiger partial charge in [-0.05, 0) is 36.1 Å². The molecule has 0 unspecified atom stereocenters. The van der Waals surface area contributed by atoms with E-state index in [2.05, 4.69) is 60.7 Å². The molecule has 0 saturated heterocycles. The molecule has 2 aliphatic heterocycles. The van der Waals surface area contributed by atoms with Crippen molar-refractivity contribution in [2.24, 2.45) is 0 Å². The van der Waals surface area contributed by atoms with E-state index in [1.807, 2.05) is 0 Å². The molecule has 1 atom stereocenters. The molecule has 0 fully saturated rings. The van der Waals surface area contributed by atoms with Crippen molar-refractivity contribution in [1.82, 2.24) is 10.2 Å². The predicted octanol–water partition coefficient (Wildman–Crippen LogP) is 3.71. The number of carbonyl (C=O) groups is 1. The molecule has 2 aromatic rings. The molecule has 2 N–H and O–H groups in total. The van der Waals surface area contributed by atoms with Gasteiger partial charge in [-0.3, -0.25) is 4.79 Å². The van der Waals surface area contributed by atoms with Gasteiger partial charge in [-0.2, -0.15) is 0 Å². The summed E-state index contributed by atoms with van der Waals surface area (Å²) in [5.41, 5.74) is 4.53. The second-order valence-corrected chi connectivity index (χ2v) is 8.17. The highest BCUT2D eigenvalue weighted by atomic mass is 32.1. The molecule has 126 valence electrons. The highest BCUT2D eigenvalue weighted by molar-refractivity contribution is 7.16. The fraction of sp³-hybridized carbons (Fsp3) is 0.421. The van der Waals surface area contributed by atoms with Crippen LogP contribution in [0.5, 0.6) is 0 Å². The zero-order chi connectivity index (χ0) is 16.8. The van der Waals surface area contributed by atoms with Gasteiger partial charge in [-0.25, -0.2) is 0 Å². The number of nitrogens with one attached hydrogen (secondary N) is 2. The van der Waals surface area contributed by atoms with Crippen LogP contribution in [0.15, 0.2) is 24.3 Å². The van der Waals surface area contributed by atoms with Gasteiger partial charge in [0.2, 0.25) is 0 Å². The van der Waals surface area contributed by atoms with Crippen LogP contribution in [-0.2, 0) is 13.0 Å². The molecule has 2 aliphatic rings. The van der Waals surface area contributed by atoms with E-state index in [0.29, 0.717) is 5.92 Å². The summed E-state index contributed by atoms with van der Waals surface area (Å²) in [6, 6.07) is 8.52. The number of benzene rings is 1. The lowest BCUT2D eigenvalue weighted by Crippen LogP contribution is -2.38. The van der Waals surface area contributed by atoms with Crippen LogP contribution in [-0.4, -0.2) is 24.4 Å². The maximum atomic E-state index is 12.7. The van der Waals surface area contributed by atoms with Gasteiger partial charge in [0.25, 0.3) is 5.91 Å². The molecule has 0 radical (unpaired) electrons. The van der Waals surface area contributed by atoms with E-state index >= 15 is 0 Å². The third-order valence-corrected chi connectivity index (χ3v) is 6.11. The normalized spacial score (nSPS) is 20.3. The van der Waals surface area contributed by atoms with Crippen LogP contribution in [0.2, 0.25) is 0 Å². The van der Waals surface area contributed by atoms with Crippen LogP contribution < -0.4 is 10.6 Å². The van der Waals surface area contributed by atoms with E-state index in [9.17, 15) is 4.79 Å². The Balaban J connectivity index is 1.63. The molecule has 0 saturated carbocycles. The Morgan fingerprint density at radius 2 is 1.96 bits per heavy atom. The maximum absolute atomic E-state index is 12.7. The van der Waals surface area contributed by atoms with Crippen LogP contribution in [0.3, 0.4) is 0 Å². The van der Waals surface area contributed by atoms with Crippen molar-refractivity contribution in [3.05, 3.63) is 51.4 Å². The van der Waals surface area contributed by atoms with Crippen molar-refractivity contribution < 1.29 is 4.79 Å². The Morgan fingerprint density at radius 3 is 2.67 bits per heavy atom. The highest BCUT2D eigenvalue weighted by Gasteiger charge is 2.32. The number of likely N-dealkylation sites (N-methyl/N-ethyl adjacent to an activating group) is 1. The quantitative estimate of drug-likeness (QED) is 0.875. The van der Waals surface area contributed by atoms with Crippen molar-refractivity contribution in [3.8, 4) is 0 Å². The minimum Gasteiger partial charge on any atom is -0.353 e. The first-order valence-corrected chi connectivity index (χ1v) is 9.35. The molecule has 0 aliphatic carbocycles. The number of hydrogen-bond acceptors (Lipinski definition) is 4. The summed E-state index contributed by atoms with van der Waals surface area (Å²) >= 11 is 1.74. The molecule has 3 heterocycles. The summed E-state index contributed by atoms with van der Waals surface area (Å²) in [4.78, 5) is 16.3. The number of carbonyl (C=O) groups excluding carboxylic acids is 1. The van der Waals surface area contributed by atoms with Crippen LogP contribution in [0.4, 0.5) is 5.00 Å². The van der Waals surface area contributed by atoms with Gasteiger partial charge >= 0.3 is 0 Å². The number of hydrogen-bond donors (Lipinski definition) is 2. The number of thiophene rings is 1. The van der Waals surface area contributed by atoms with Crippen molar-refractivity contribution in [3.63, 3.8) is 0 Å². The first-order valence-electron chi connectivity index (χ1n) is 8.53. The molecule has 0 spiro atoms. The SMILES string of the molecule is CC(C)c1ccc([C@@H]2NC(=O)c3c(sc4c3CCN(C)C4)N2)cc1. The lowest BCUT2D eigenvalue weighted by Gasteiger charge is -2.27. The van der Waals surface area contributed by atoms with E-state index in [0.717, 1.165) is 35.6 Å². The molecule has 1 aromatic carbocycles. The van der Waals surface area contributed by atoms with Gasteiger partial charge in [0.1, 0.15) is 11.2 Å². The fourth-order valence-corrected chi connectivity index (χ4v) is 4.84. The Morgan fingerprint density at radius 1 is 1.21 bits per heavy atom. The number of anilines is 1. The molecule has 0 bridgehead atoms. The molecule has 1 amide bonds. The Hall–Kier alpha value is -1.85. The van der Waals surface area contributed by atoms with Crippen molar-refractivity contribution in [2.75, 3.05) is 18.9 Å². The second-order valence-electron chi connectivity index (χ2n) is 7.07. The van der Waals surface area contributed by atoms with Gasteiger partial charge in [-0.1, -0.05) is 38.1 Å². The summed E-state index contributed by atoms with van der Waals surface area (Å²) in [5, 5.41) is 7.69. The lowest BCUT2D eigenvalue weighted by molar-refractivity contribution is 0.0935. The fourth-order valence-electron chi connectivity index (χ4n) is 3.48. The first-order chi connectivity index (χ1) is 11.5. The van der Waals surface area contributed by atoms with Crippen molar-refractivity contribution in [2.45, 2.75) is 38.9 Å². The maximum Gasteiger partial charge on any atom is 0.256 e. The lowest BCUT2D eigenvalue weighted by atomic mass is 9.99. The van der Waals surface area contributed by atoms with Gasteiger partial charge in [-0.15, -0.1) is 11.3 Å². The zero-order valence-corrected chi connectivity index (χ0v) is 15.2. The summed E-state index contributed by atoms with van der Waals surface area (Å²) in [7, 11) is 2.13. The highest BCUT2D eigenvalue weighted by Crippen LogP contribution is 2.40. The van der Waals surface area contributed by atoms with E-state index in [4.69, 9.17) is 0 Å². The number of amides is 1. The van der Waals surface area contributed by atoms with Crippen molar-refractivity contribution >= 4 is 22.2 Å². The Bertz CT molecular complexity index is 779. The van der Waals surface area contributed by atoms with Gasteiger partial charge < -0.3 is 15.5 Å². The summed E-state index contributed by atoms with van der Waals surface area (Å²) in [5.74, 6) is 0.573. The number of fused-ring (bicyclic) bond motifs is 3. The first kappa shape index (κ1) is 15.7. The molecular formula is C19H23N3OS. The Kier molecular flexibility index (Phi) is 3.85. The average molecular weight is 341 g/mol. The van der Waals surface area contributed by atoms with E-state index in [1.54, 1.807) is 11.3 Å². The molecular weight excluding hydrogens is 318 g/mol. The standard InChI is InChI=1S/C19H23N3OS/c1-11(2)12-4-6-13(7-5-12)17-20-18(23)16-14-8-9-22(3)10-15(14)24-19(16)21-17/h4-7,11,17,21H,8-10H2,1-3H3,(H,20,23)/t17-/m1/s1. The number of nitrogens with zero attached hydrogens (tertiary/aromatic N) is 1. The topological polar surface area (TPSA) is 44.4 Å². The third-order valence-electron chi connectivity index (χ3n) is 4.96. The van der Waals surface area contributed by atoms with Gasteiger partial charge in [0.05, 0.1) is 5.56 Å². The third kappa shape index (κ3) is 2.62. The van der Waals surface area contributed by atoms with Gasteiger partial charge in [0.15, 0.2) is 0 Å². The zero-order valence-electron chi connectivity index (χ0n) is 14.3. The van der Waals surface area contributed by atoms with Crippen LogP contribution in [0, 0.1) is 0 Å². The average Bonchev–Trinajstić information content (AvgIpc) is 2.92. The minimum absolute atomic E-state index is 0.0590. The Labute approximate surface area is 146 Å². The van der Waals surface area contributed by atoms with E-state index < -0.39 is 0 Å². The number of rotatable bonds is 2. The van der Waals surface area contributed by atoms with Crippen LogP contribution in [0.1, 0.15) is 57.9 Å². The summed E-state index contributed by atoms with van der Waals surface area (Å²) in [6.07, 6.45) is 0.810. The van der Waals surface area contributed by atoms with Crippen LogP contribution >= 0.6 is 11.3 Å². The summed E-state index contributed by atoms with van der Waals surface area (Å²) in [6.45, 7) is 6.34. The predicted molar refractivity (Wildman–Crippen MR) is 98.7 cm³/mol. The smallest absolute Gasteiger partial charge is 0.256 e. The minimum atomic E-state index is -0.149. The molecule has 5 heteroatoms. The monoisotopic (exact) mass is 341 g/mol. The van der Waals surface area contributed by atoms with Crippen molar-refractivity contribution in [1.29, 1.82) is 0 Å². The second kappa shape index (κ2) is 5.90.